The van der Waals surface area contributed by atoms with Crippen LogP contribution in [0.1, 0.15) is 29.0 Å². The molecule has 0 aliphatic carbocycles. The lowest BCUT2D eigenvalue weighted by Gasteiger charge is -2.15. The van der Waals surface area contributed by atoms with E-state index >= 15 is 0 Å². The Balaban J connectivity index is 2.14. The highest BCUT2D eigenvalue weighted by atomic mass is 19.1. The summed E-state index contributed by atoms with van der Waals surface area (Å²) in [5.74, 6) is -0.226. The van der Waals surface area contributed by atoms with E-state index in [1.165, 1.54) is 12.1 Å². The van der Waals surface area contributed by atoms with Crippen molar-refractivity contribution >= 4 is 6.29 Å². The molecule has 0 N–H and O–H groups in total. The maximum atomic E-state index is 12.8. The average molecular weight is 231 g/mol. The molecule has 1 aromatic carbocycles. The molecule has 1 atom stereocenters. The zero-order chi connectivity index (χ0) is 12.3. The first-order valence-corrected chi connectivity index (χ1v) is 5.57. The van der Waals surface area contributed by atoms with E-state index in [1.807, 2.05) is 23.8 Å². The van der Waals surface area contributed by atoms with Gasteiger partial charge in [0.2, 0.25) is 0 Å². The minimum absolute atomic E-state index is 0.177. The van der Waals surface area contributed by atoms with Crippen LogP contribution in [-0.4, -0.2) is 10.9 Å². The molecule has 3 heteroatoms. The quantitative estimate of drug-likeness (QED) is 0.740. The number of nitrogens with zero attached hydrogens (tertiary/aromatic N) is 1. The van der Waals surface area contributed by atoms with E-state index in [-0.39, 0.29) is 11.9 Å². The highest BCUT2D eigenvalue weighted by Crippen LogP contribution is 2.16. The smallest absolute Gasteiger partial charge is 0.166 e. The second-order valence-electron chi connectivity index (χ2n) is 4.14. The minimum atomic E-state index is -0.226. The van der Waals surface area contributed by atoms with Crippen molar-refractivity contribution in [1.29, 1.82) is 0 Å². The molecule has 0 spiro atoms. The Morgan fingerprint density at radius 3 is 2.65 bits per heavy atom. The fourth-order valence-corrected chi connectivity index (χ4v) is 1.97. The number of halogens is 1. The molecule has 2 aromatic rings. The summed E-state index contributed by atoms with van der Waals surface area (Å²) in [5.41, 5.74) is 1.73. The molecule has 0 aliphatic heterocycles. The molecular formula is C14H14FNO. The van der Waals surface area contributed by atoms with Gasteiger partial charge in [-0.1, -0.05) is 12.1 Å². The SMILES string of the molecule is CC(Cc1ccc(F)cc1)n1cccc1C=O. The maximum Gasteiger partial charge on any atom is 0.166 e. The molecule has 2 rings (SSSR count). The van der Waals surface area contributed by atoms with Crippen molar-refractivity contribution in [2.45, 2.75) is 19.4 Å². The number of hydrogen-bond acceptors (Lipinski definition) is 1. The van der Waals surface area contributed by atoms with Crippen LogP contribution >= 0.6 is 0 Å². The lowest BCUT2D eigenvalue weighted by molar-refractivity contribution is 0.111. The van der Waals surface area contributed by atoms with Crippen LogP contribution in [0.2, 0.25) is 0 Å². The predicted octanol–water partition coefficient (Wildman–Crippen LogP) is 3.24. The Hall–Kier alpha value is -1.90. The maximum absolute atomic E-state index is 12.8. The first-order chi connectivity index (χ1) is 8.20. The summed E-state index contributed by atoms with van der Waals surface area (Å²) in [7, 11) is 0. The molecule has 0 radical (unpaired) electrons. The van der Waals surface area contributed by atoms with Gasteiger partial charge in [-0.25, -0.2) is 4.39 Å². The molecule has 1 aromatic heterocycles. The van der Waals surface area contributed by atoms with Gasteiger partial charge in [0.25, 0.3) is 0 Å². The third-order valence-electron chi connectivity index (χ3n) is 2.85. The minimum Gasteiger partial charge on any atom is -0.342 e. The predicted molar refractivity (Wildman–Crippen MR) is 64.6 cm³/mol. The number of carbonyl (C=O) groups is 1. The highest BCUT2D eigenvalue weighted by molar-refractivity contribution is 5.72. The Bertz CT molecular complexity index is 501. The van der Waals surface area contributed by atoms with Gasteiger partial charge >= 0.3 is 0 Å². The number of benzene rings is 1. The summed E-state index contributed by atoms with van der Waals surface area (Å²) in [6.45, 7) is 2.04. The van der Waals surface area contributed by atoms with Gasteiger partial charge in [0.15, 0.2) is 6.29 Å². The van der Waals surface area contributed by atoms with Crippen LogP contribution in [0.4, 0.5) is 4.39 Å². The Kier molecular flexibility index (Phi) is 3.38. The van der Waals surface area contributed by atoms with Crippen LogP contribution in [0, 0.1) is 5.82 Å². The summed E-state index contributed by atoms with van der Waals surface area (Å²) < 4.78 is 14.7. The molecule has 17 heavy (non-hydrogen) atoms. The number of hydrogen-bond donors (Lipinski definition) is 0. The molecule has 0 aliphatic rings. The zero-order valence-electron chi connectivity index (χ0n) is 9.64. The van der Waals surface area contributed by atoms with Gasteiger partial charge in [0.1, 0.15) is 5.82 Å². The van der Waals surface area contributed by atoms with Crippen LogP contribution in [0.15, 0.2) is 42.6 Å². The zero-order valence-corrected chi connectivity index (χ0v) is 9.64. The van der Waals surface area contributed by atoms with Gasteiger partial charge in [0, 0.05) is 12.2 Å². The summed E-state index contributed by atoms with van der Waals surface area (Å²) >= 11 is 0. The van der Waals surface area contributed by atoms with Gasteiger partial charge in [-0.3, -0.25) is 4.79 Å². The lowest BCUT2D eigenvalue weighted by atomic mass is 10.1. The molecule has 88 valence electrons. The fourth-order valence-electron chi connectivity index (χ4n) is 1.97. The number of aromatic nitrogens is 1. The van der Waals surface area contributed by atoms with Crippen molar-refractivity contribution in [2.75, 3.05) is 0 Å². The van der Waals surface area contributed by atoms with Gasteiger partial charge in [-0.2, -0.15) is 0 Å². The standard InChI is InChI=1S/C14H14FNO/c1-11(16-8-2-3-14(16)10-17)9-12-4-6-13(15)7-5-12/h2-8,10-11H,9H2,1H3. The van der Waals surface area contributed by atoms with E-state index in [0.29, 0.717) is 5.69 Å². The third-order valence-corrected chi connectivity index (χ3v) is 2.85. The number of rotatable bonds is 4. The van der Waals surface area contributed by atoms with Crippen LogP contribution in [0.25, 0.3) is 0 Å². The van der Waals surface area contributed by atoms with Crippen molar-refractivity contribution in [3.8, 4) is 0 Å². The van der Waals surface area contributed by atoms with E-state index in [9.17, 15) is 9.18 Å². The summed E-state index contributed by atoms with van der Waals surface area (Å²) in [5, 5.41) is 0. The van der Waals surface area contributed by atoms with Gasteiger partial charge in [-0.15, -0.1) is 0 Å². The Morgan fingerprint density at radius 2 is 2.00 bits per heavy atom. The number of carbonyl (C=O) groups excluding carboxylic acids is 1. The molecule has 0 bridgehead atoms. The third kappa shape index (κ3) is 2.61. The normalized spacial score (nSPS) is 12.4. The molecular weight excluding hydrogens is 217 g/mol. The highest BCUT2D eigenvalue weighted by Gasteiger charge is 2.08. The second-order valence-corrected chi connectivity index (χ2v) is 4.14. The fraction of sp³-hybridized carbons (Fsp3) is 0.214. The molecule has 0 amide bonds. The Morgan fingerprint density at radius 1 is 1.29 bits per heavy atom. The van der Waals surface area contributed by atoms with Gasteiger partial charge in [0.05, 0.1) is 5.69 Å². The van der Waals surface area contributed by atoms with E-state index < -0.39 is 0 Å². The second kappa shape index (κ2) is 4.95. The van der Waals surface area contributed by atoms with E-state index in [0.717, 1.165) is 18.3 Å². The summed E-state index contributed by atoms with van der Waals surface area (Å²) in [6.07, 6.45) is 3.51. The molecule has 0 fully saturated rings. The van der Waals surface area contributed by atoms with Crippen molar-refractivity contribution in [3.05, 3.63) is 59.7 Å². The molecule has 1 heterocycles. The van der Waals surface area contributed by atoms with Gasteiger partial charge < -0.3 is 4.57 Å². The van der Waals surface area contributed by atoms with Gasteiger partial charge in [-0.05, 0) is 43.2 Å². The summed E-state index contributed by atoms with van der Waals surface area (Å²) in [6, 6.07) is 10.3. The number of aldehydes is 1. The van der Waals surface area contributed by atoms with E-state index in [2.05, 4.69) is 0 Å². The van der Waals surface area contributed by atoms with Crippen LogP contribution in [-0.2, 0) is 6.42 Å². The average Bonchev–Trinajstić information content (AvgIpc) is 2.80. The molecule has 1 unspecified atom stereocenters. The topological polar surface area (TPSA) is 22.0 Å². The van der Waals surface area contributed by atoms with Crippen molar-refractivity contribution in [3.63, 3.8) is 0 Å². The van der Waals surface area contributed by atoms with Crippen LogP contribution in [0.3, 0.4) is 0 Å². The molecule has 0 saturated carbocycles. The van der Waals surface area contributed by atoms with Crippen LogP contribution in [0.5, 0.6) is 0 Å². The van der Waals surface area contributed by atoms with Crippen molar-refractivity contribution in [2.24, 2.45) is 0 Å². The van der Waals surface area contributed by atoms with Crippen molar-refractivity contribution in [1.82, 2.24) is 4.57 Å². The van der Waals surface area contributed by atoms with Crippen molar-refractivity contribution < 1.29 is 9.18 Å². The lowest BCUT2D eigenvalue weighted by Crippen LogP contribution is -2.10. The first kappa shape index (κ1) is 11.6. The largest absolute Gasteiger partial charge is 0.342 e. The van der Waals surface area contributed by atoms with E-state index in [1.54, 1.807) is 18.2 Å². The molecule has 2 nitrogen and oxygen atoms in total. The Labute approximate surface area is 99.7 Å². The van der Waals surface area contributed by atoms with E-state index in [4.69, 9.17) is 0 Å². The monoisotopic (exact) mass is 231 g/mol. The summed E-state index contributed by atoms with van der Waals surface area (Å²) in [4.78, 5) is 10.8. The first-order valence-electron chi connectivity index (χ1n) is 5.57. The molecule has 0 saturated heterocycles. The van der Waals surface area contributed by atoms with Crippen LogP contribution < -0.4 is 0 Å².